The van der Waals surface area contributed by atoms with Crippen molar-refractivity contribution in [1.29, 1.82) is 0 Å². The molecule has 0 radical (unpaired) electrons. The van der Waals surface area contributed by atoms with Crippen LogP contribution in [-0.2, 0) is 6.54 Å². The molecule has 140 valence electrons. The lowest BCUT2D eigenvalue weighted by Gasteiger charge is -1.99. The Bertz CT molecular complexity index is 1240. The summed E-state index contributed by atoms with van der Waals surface area (Å²) in [6, 6.07) is 24.8. The van der Waals surface area contributed by atoms with Crippen LogP contribution in [0.1, 0.15) is 12.7 Å². The van der Waals surface area contributed by atoms with Crippen molar-refractivity contribution < 1.29 is 33.0 Å². The van der Waals surface area contributed by atoms with Gasteiger partial charge in [-0.25, -0.2) is 9.55 Å². The van der Waals surface area contributed by atoms with Crippen LogP contribution in [0.4, 0.5) is 0 Å². The van der Waals surface area contributed by atoms with E-state index in [-0.39, 0.29) is 24.0 Å². The van der Waals surface area contributed by atoms with Crippen LogP contribution >= 0.6 is 0 Å². The molecule has 0 N–H and O–H groups in total. The molecule has 4 nitrogen and oxygen atoms in total. The Morgan fingerprint density at radius 1 is 0.964 bits per heavy atom. The fraction of sp³-hybridized carbons (Fsp3) is 0.130. The van der Waals surface area contributed by atoms with Crippen LogP contribution in [0.3, 0.4) is 0 Å². The molecule has 0 saturated carbocycles. The second-order valence-corrected chi connectivity index (χ2v) is 6.65. The predicted octanol–water partition coefficient (Wildman–Crippen LogP) is 2.06. The molecule has 28 heavy (non-hydrogen) atoms. The van der Waals surface area contributed by atoms with Gasteiger partial charge in [0.2, 0.25) is 5.89 Å². The molecule has 0 bridgehead atoms. The summed E-state index contributed by atoms with van der Waals surface area (Å²) in [6.07, 6.45) is 0. The molecule has 0 amide bonds. The number of fused-ring (bicyclic) bond motifs is 2. The molecule has 3 aromatic carbocycles. The first-order valence-electron chi connectivity index (χ1n) is 9.22. The van der Waals surface area contributed by atoms with Gasteiger partial charge in [0.15, 0.2) is 16.6 Å². The minimum atomic E-state index is 0. The third-order valence-corrected chi connectivity index (χ3v) is 5.09. The van der Waals surface area contributed by atoms with E-state index < -0.39 is 0 Å². The Hall–Kier alpha value is -2.67. The molecule has 0 spiro atoms. The molecule has 0 aliphatic rings. The minimum absolute atomic E-state index is 0. The first-order chi connectivity index (χ1) is 13.3. The molecule has 5 rings (SSSR count). The van der Waals surface area contributed by atoms with Crippen molar-refractivity contribution in [2.75, 3.05) is 0 Å². The van der Waals surface area contributed by atoms with Crippen LogP contribution in [0, 0.1) is 6.92 Å². The average molecular weight is 481 g/mol. The van der Waals surface area contributed by atoms with Crippen LogP contribution < -0.4 is 28.5 Å². The smallest absolute Gasteiger partial charge is 0.259 e. The zero-order valence-corrected chi connectivity index (χ0v) is 17.9. The molecule has 5 heteroatoms. The van der Waals surface area contributed by atoms with Gasteiger partial charge in [-0.1, -0.05) is 30.3 Å². The molecule has 0 fully saturated rings. The molecule has 2 aromatic heterocycles. The van der Waals surface area contributed by atoms with Gasteiger partial charge in [0.25, 0.3) is 5.82 Å². The molecular weight excluding hydrogens is 461 g/mol. The van der Waals surface area contributed by atoms with E-state index >= 15 is 0 Å². The number of hydrogen-bond acceptors (Lipinski definition) is 2. The Morgan fingerprint density at radius 3 is 2.46 bits per heavy atom. The molecule has 0 atom stereocenters. The van der Waals surface area contributed by atoms with E-state index in [1.165, 1.54) is 22.5 Å². The first-order valence-corrected chi connectivity index (χ1v) is 9.22. The summed E-state index contributed by atoms with van der Waals surface area (Å²) in [5.74, 6) is 1.86. The summed E-state index contributed by atoms with van der Waals surface area (Å²) in [7, 11) is 0. The number of halogens is 1. The summed E-state index contributed by atoms with van der Waals surface area (Å²) in [6.45, 7) is 5.24. The van der Waals surface area contributed by atoms with E-state index in [1.54, 1.807) is 0 Å². The number of aromatic nitrogens is 3. The highest BCUT2D eigenvalue weighted by Crippen LogP contribution is 2.28. The topological polar surface area (TPSA) is 34.8 Å². The van der Waals surface area contributed by atoms with Crippen LogP contribution in [0.5, 0.6) is 0 Å². The van der Waals surface area contributed by atoms with Gasteiger partial charge in [0.1, 0.15) is 11.2 Å². The third kappa shape index (κ3) is 2.90. The van der Waals surface area contributed by atoms with Crippen LogP contribution in [-0.4, -0.2) is 9.55 Å². The van der Waals surface area contributed by atoms with E-state index in [1.807, 2.05) is 30.3 Å². The summed E-state index contributed by atoms with van der Waals surface area (Å²) >= 11 is 0. The van der Waals surface area contributed by atoms with Crippen LogP contribution in [0.2, 0.25) is 0 Å². The quantitative estimate of drug-likeness (QED) is 0.292. The first kappa shape index (κ1) is 18.7. The largest absolute Gasteiger partial charge is 1.00 e. The standard InChI is InChI=1S/C23H20N3O.HI/c1-3-25-16(2)26(18-9-5-4-6-10-18)20-14-13-17(15-21(20)25)23-24-19-11-7-8-12-22(19)27-23;/h4-15H,3H2,1-2H3;1H/q+1;/p-1. The number of aryl methyl sites for hydroxylation is 1. The number of nitrogens with zero attached hydrogens (tertiary/aromatic N) is 3. The number of benzene rings is 3. The second-order valence-electron chi connectivity index (χ2n) is 6.65. The second kappa shape index (κ2) is 7.39. The number of rotatable bonds is 3. The highest BCUT2D eigenvalue weighted by atomic mass is 127. The maximum Gasteiger partial charge on any atom is 0.259 e. The van der Waals surface area contributed by atoms with E-state index in [0.717, 1.165) is 23.2 Å². The van der Waals surface area contributed by atoms with Gasteiger partial charge in [0, 0.05) is 18.6 Å². The number of oxazole rings is 1. The number of imidazole rings is 1. The van der Waals surface area contributed by atoms with Gasteiger partial charge in [-0.15, -0.1) is 0 Å². The zero-order chi connectivity index (χ0) is 18.4. The fourth-order valence-electron chi connectivity index (χ4n) is 3.83. The molecule has 0 saturated heterocycles. The summed E-state index contributed by atoms with van der Waals surface area (Å²) < 4.78 is 10.6. The average Bonchev–Trinajstić information content (AvgIpc) is 3.26. The van der Waals surface area contributed by atoms with E-state index in [0.29, 0.717) is 5.89 Å². The number of hydrogen-bond donors (Lipinski definition) is 0. The monoisotopic (exact) mass is 481 g/mol. The van der Waals surface area contributed by atoms with Crippen LogP contribution in [0.25, 0.3) is 39.3 Å². The van der Waals surface area contributed by atoms with Gasteiger partial charge >= 0.3 is 0 Å². The Kier molecular flexibility index (Phi) is 4.93. The van der Waals surface area contributed by atoms with E-state index in [4.69, 9.17) is 4.42 Å². The van der Waals surface area contributed by atoms with Crippen molar-refractivity contribution in [2.45, 2.75) is 20.4 Å². The van der Waals surface area contributed by atoms with Crippen molar-refractivity contribution in [1.82, 2.24) is 9.55 Å². The molecule has 5 aromatic rings. The third-order valence-electron chi connectivity index (χ3n) is 5.09. The lowest BCUT2D eigenvalue weighted by atomic mass is 10.2. The van der Waals surface area contributed by atoms with Crippen molar-refractivity contribution >= 4 is 22.1 Å². The normalized spacial score (nSPS) is 11.1. The zero-order valence-electron chi connectivity index (χ0n) is 15.8. The minimum Gasteiger partial charge on any atom is -1.00 e. The SMILES string of the molecule is CC[n+]1c(C)n(-c2ccccc2)c2ccc(-c3nc4ccccc4o3)cc21.[I-]. The number of para-hydroxylation sites is 3. The highest BCUT2D eigenvalue weighted by Gasteiger charge is 2.23. The van der Waals surface area contributed by atoms with Gasteiger partial charge in [-0.3, -0.25) is 0 Å². The highest BCUT2D eigenvalue weighted by molar-refractivity contribution is 5.82. The molecular formula is C23H20IN3O. The Morgan fingerprint density at radius 2 is 1.71 bits per heavy atom. The van der Waals surface area contributed by atoms with Gasteiger partial charge < -0.3 is 28.4 Å². The molecule has 2 heterocycles. The van der Waals surface area contributed by atoms with Gasteiger partial charge in [-0.2, -0.15) is 4.57 Å². The molecule has 0 aliphatic heterocycles. The maximum absolute atomic E-state index is 5.97. The summed E-state index contributed by atoms with van der Waals surface area (Å²) in [5.41, 5.74) is 6.22. The van der Waals surface area contributed by atoms with Crippen LogP contribution in [0.15, 0.2) is 77.2 Å². The Labute approximate surface area is 180 Å². The van der Waals surface area contributed by atoms with Gasteiger partial charge in [0.05, 0.1) is 6.54 Å². The van der Waals surface area contributed by atoms with E-state index in [2.05, 4.69) is 70.4 Å². The Balaban J connectivity index is 0.00000192. The van der Waals surface area contributed by atoms with Crippen molar-refractivity contribution in [2.24, 2.45) is 0 Å². The summed E-state index contributed by atoms with van der Waals surface area (Å²) in [4.78, 5) is 4.65. The van der Waals surface area contributed by atoms with E-state index in [9.17, 15) is 0 Å². The lowest BCUT2D eigenvalue weighted by Crippen LogP contribution is -3.00. The predicted molar refractivity (Wildman–Crippen MR) is 107 cm³/mol. The van der Waals surface area contributed by atoms with Gasteiger partial charge in [-0.05, 0) is 43.3 Å². The lowest BCUT2D eigenvalue weighted by molar-refractivity contribution is -0.674. The fourth-order valence-corrected chi connectivity index (χ4v) is 3.83. The van der Waals surface area contributed by atoms with Crippen molar-refractivity contribution in [3.63, 3.8) is 0 Å². The maximum atomic E-state index is 5.97. The molecule has 0 aliphatic carbocycles. The van der Waals surface area contributed by atoms with Crippen molar-refractivity contribution in [3.05, 3.63) is 78.6 Å². The summed E-state index contributed by atoms with van der Waals surface area (Å²) in [5, 5.41) is 0. The molecule has 0 unspecified atom stereocenters. The van der Waals surface area contributed by atoms with Crippen molar-refractivity contribution in [3.8, 4) is 17.1 Å².